The molecule has 0 N–H and O–H groups in total. The van der Waals surface area contributed by atoms with Crippen LogP contribution in [0.4, 0.5) is 8.78 Å². The zero-order chi connectivity index (χ0) is 22.2. The van der Waals surface area contributed by atoms with Crippen molar-refractivity contribution >= 4 is 11.3 Å². The molecule has 2 aromatic carbocycles. The Morgan fingerprint density at radius 3 is 2.03 bits per heavy atom. The lowest BCUT2D eigenvalue weighted by Crippen LogP contribution is -2.16. The molecule has 0 saturated carbocycles. The number of halogens is 2. The Hall–Kier alpha value is -4.32. The summed E-state index contributed by atoms with van der Waals surface area (Å²) in [6.07, 6.45) is 3.36. The average molecular weight is 426 g/mol. The van der Waals surface area contributed by atoms with Gasteiger partial charge in [-0.1, -0.05) is 24.3 Å². The molecule has 0 aliphatic heterocycles. The van der Waals surface area contributed by atoms with Crippen molar-refractivity contribution in [1.29, 1.82) is 0 Å². The SMILES string of the molecule is O=C(c1ccc(F)cc1)c1c(-c2ccc(F)cc2)c(-n2ccccc2=O)c2ccccn12. The summed E-state index contributed by atoms with van der Waals surface area (Å²) in [6, 6.07) is 21.2. The van der Waals surface area contributed by atoms with Gasteiger partial charge in [0.25, 0.3) is 5.56 Å². The third kappa shape index (κ3) is 3.22. The molecule has 6 heteroatoms. The predicted octanol–water partition coefficient (Wildman–Crippen LogP) is 5.27. The van der Waals surface area contributed by atoms with E-state index in [2.05, 4.69) is 0 Å². The van der Waals surface area contributed by atoms with Crippen LogP contribution in [-0.2, 0) is 0 Å². The van der Waals surface area contributed by atoms with Gasteiger partial charge in [0.15, 0.2) is 0 Å². The van der Waals surface area contributed by atoms with Crippen LogP contribution in [0.15, 0.2) is 102 Å². The van der Waals surface area contributed by atoms with Gasteiger partial charge in [-0.15, -0.1) is 0 Å². The number of aromatic nitrogens is 2. The number of carbonyl (C=O) groups is 1. The van der Waals surface area contributed by atoms with Gasteiger partial charge in [0.2, 0.25) is 5.78 Å². The molecule has 0 atom stereocenters. The first-order chi connectivity index (χ1) is 15.5. The molecular weight excluding hydrogens is 410 g/mol. The molecule has 0 saturated heterocycles. The second-order valence-corrected chi connectivity index (χ2v) is 7.28. The van der Waals surface area contributed by atoms with E-state index in [0.717, 1.165) is 0 Å². The van der Waals surface area contributed by atoms with Crippen LogP contribution in [0.5, 0.6) is 0 Å². The lowest BCUT2D eigenvalue weighted by Gasteiger charge is -2.10. The molecule has 0 radical (unpaired) electrons. The minimum atomic E-state index is -0.447. The van der Waals surface area contributed by atoms with Gasteiger partial charge in [-0.25, -0.2) is 8.78 Å². The molecule has 0 aliphatic rings. The quantitative estimate of drug-likeness (QED) is 0.368. The van der Waals surface area contributed by atoms with E-state index in [1.807, 2.05) is 12.1 Å². The van der Waals surface area contributed by atoms with Crippen molar-refractivity contribution in [3.63, 3.8) is 0 Å². The van der Waals surface area contributed by atoms with E-state index in [9.17, 15) is 18.4 Å². The number of ketones is 1. The number of pyridine rings is 2. The Bertz CT molecular complexity index is 1510. The zero-order valence-electron chi connectivity index (χ0n) is 16.7. The van der Waals surface area contributed by atoms with Gasteiger partial charge < -0.3 is 4.40 Å². The number of rotatable bonds is 4. The highest BCUT2D eigenvalue weighted by Crippen LogP contribution is 2.37. The van der Waals surface area contributed by atoms with Crippen LogP contribution >= 0.6 is 0 Å². The maximum absolute atomic E-state index is 13.7. The number of fused-ring (bicyclic) bond motifs is 1. The number of hydrogen-bond acceptors (Lipinski definition) is 2. The third-order valence-electron chi connectivity index (χ3n) is 5.33. The molecular formula is C26H16F2N2O2. The molecule has 0 bridgehead atoms. The van der Waals surface area contributed by atoms with Crippen molar-refractivity contribution in [2.75, 3.05) is 0 Å². The molecule has 5 aromatic rings. The van der Waals surface area contributed by atoms with Gasteiger partial charge >= 0.3 is 0 Å². The van der Waals surface area contributed by atoms with Crippen LogP contribution in [0.25, 0.3) is 22.3 Å². The van der Waals surface area contributed by atoms with Crippen LogP contribution < -0.4 is 5.56 Å². The molecule has 0 fully saturated rings. The monoisotopic (exact) mass is 426 g/mol. The van der Waals surface area contributed by atoms with Gasteiger partial charge in [0.05, 0.1) is 11.2 Å². The van der Waals surface area contributed by atoms with Crippen LogP contribution in [0.2, 0.25) is 0 Å². The Balaban J connectivity index is 1.91. The van der Waals surface area contributed by atoms with Crippen molar-refractivity contribution < 1.29 is 13.6 Å². The van der Waals surface area contributed by atoms with E-state index in [-0.39, 0.29) is 11.3 Å². The van der Waals surface area contributed by atoms with E-state index in [1.54, 1.807) is 47.1 Å². The van der Waals surface area contributed by atoms with E-state index in [1.165, 1.54) is 47.0 Å². The average Bonchev–Trinajstić information content (AvgIpc) is 3.15. The second kappa shape index (κ2) is 7.74. The first kappa shape index (κ1) is 19.6. The fourth-order valence-corrected chi connectivity index (χ4v) is 3.90. The standard InChI is InChI=1S/C26H16F2N2O2/c27-19-11-7-17(8-12-19)23-24(30-16-4-2-6-22(30)31)21-5-1-3-15-29(21)25(23)26(32)18-9-13-20(28)14-10-18/h1-16H. The largest absolute Gasteiger partial charge is 0.311 e. The molecule has 32 heavy (non-hydrogen) atoms. The van der Waals surface area contributed by atoms with Crippen LogP contribution in [0, 0.1) is 11.6 Å². The number of nitrogens with zero attached hydrogens (tertiary/aromatic N) is 2. The van der Waals surface area contributed by atoms with E-state index < -0.39 is 11.6 Å². The minimum Gasteiger partial charge on any atom is -0.311 e. The van der Waals surface area contributed by atoms with Gasteiger partial charge in [0.1, 0.15) is 17.3 Å². The maximum Gasteiger partial charge on any atom is 0.255 e. The molecule has 0 aliphatic carbocycles. The summed E-state index contributed by atoms with van der Waals surface area (Å²) in [7, 11) is 0. The summed E-state index contributed by atoms with van der Waals surface area (Å²) in [5.41, 5.74) is 2.52. The van der Waals surface area contributed by atoms with E-state index >= 15 is 0 Å². The van der Waals surface area contributed by atoms with Crippen molar-refractivity contribution in [3.8, 4) is 16.8 Å². The topological polar surface area (TPSA) is 43.5 Å². The molecule has 0 amide bonds. The number of benzene rings is 2. The molecule has 3 aromatic heterocycles. The fourth-order valence-electron chi connectivity index (χ4n) is 3.90. The Labute approximate surface area is 181 Å². The molecule has 0 unspecified atom stereocenters. The third-order valence-corrected chi connectivity index (χ3v) is 5.33. The maximum atomic E-state index is 13.7. The van der Waals surface area contributed by atoms with E-state index in [4.69, 9.17) is 0 Å². The highest BCUT2D eigenvalue weighted by Gasteiger charge is 2.26. The Morgan fingerprint density at radius 1 is 0.719 bits per heavy atom. The number of carbonyl (C=O) groups excluding carboxylic acids is 1. The summed E-state index contributed by atoms with van der Waals surface area (Å²) in [6.45, 7) is 0. The van der Waals surface area contributed by atoms with Gasteiger partial charge in [0, 0.05) is 29.6 Å². The normalized spacial score (nSPS) is 11.1. The molecule has 0 spiro atoms. The summed E-state index contributed by atoms with van der Waals surface area (Å²) >= 11 is 0. The molecule has 5 rings (SSSR count). The highest BCUT2D eigenvalue weighted by molar-refractivity contribution is 6.14. The Kier molecular flexibility index (Phi) is 4.75. The molecule has 156 valence electrons. The number of hydrogen-bond donors (Lipinski definition) is 0. The summed E-state index contributed by atoms with van der Waals surface area (Å²) < 4.78 is 30.3. The van der Waals surface area contributed by atoms with Crippen molar-refractivity contribution in [2.45, 2.75) is 0 Å². The first-order valence-electron chi connectivity index (χ1n) is 9.92. The van der Waals surface area contributed by atoms with Crippen LogP contribution in [0.3, 0.4) is 0 Å². The fraction of sp³-hybridized carbons (Fsp3) is 0. The summed E-state index contributed by atoms with van der Waals surface area (Å²) in [5.74, 6) is -1.21. The zero-order valence-corrected chi connectivity index (χ0v) is 16.7. The first-order valence-corrected chi connectivity index (χ1v) is 9.92. The lowest BCUT2D eigenvalue weighted by molar-refractivity contribution is 0.103. The van der Waals surface area contributed by atoms with Crippen molar-refractivity contribution in [2.24, 2.45) is 0 Å². The van der Waals surface area contributed by atoms with Crippen molar-refractivity contribution in [3.05, 3.63) is 131 Å². The smallest absolute Gasteiger partial charge is 0.255 e. The van der Waals surface area contributed by atoms with Gasteiger partial charge in [-0.05, 0) is 60.2 Å². The van der Waals surface area contributed by atoms with Gasteiger partial charge in [-0.3, -0.25) is 14.2 Å². The van der Waals surface area contributed by atoms with Crippen LogP contribution in [-0.4, -0.2) is 14.8 Å². The van der Waals surface area contributed by atoms with Gasteiger partial charge in [-0.2, -0.15) is 0 Å². The molecule has 4 nitrogen and oxygen atoms in total. The predicted molar refractivity (Wildman–Crippen MR) is 118 cm³/mol. The highest BCUT2D eigenvalue weighted by atomic mass is 19.1. The van der Waals surface area contributed by atoms with E-state index in [0.29, 0.717) is 33.6 Å². The lowest BCUT2D eigenvalue weighted by atomic mass is 9.98. The molecule has 3 heterocycles. The Morgan fingerprint density at radius 2 is 1.34 bits per heavy atom. The van der Waals surface area contributed by atoms with Crippen molar-refractivity contribution in [1.82, 2.24) is 8.97 Å². The second-order valence-electron chi connectivity index (χ2n) is 7.28. The summed E-state index contributed by atoms with van der Waals surface area (Å²) in [4.78, 5) is 26.4. The van der Waals surface area contributed by atoms with Crippen LogP contribution in [0.1, 0.15) is 16.1 Å². The summed E-state index contributed by atoms with van der Waals surface area (Å²) in [5, 5.41) is 0. The minimum absolute atomic E-state index is 0.270.